The van der Waals surface area contributed by atoms with Crippen LogP contribution in [0, 0.1) is 0 Å². The molecule has 0 amide bonds. The second-order valence-electron chi connectivity index (χ2n) is 5.47. The summed E-state index contributed by atoms with van der Waals surface area (Å²) in [6.07, 6.45) is 0.0760. The fraction of sp³-hybridized carbons (Fsp3) is 0.294. The molecule has 0 spiro atoms. The molecular weight excluding hydrogens is 279 g/mol. The molecule has 1 aliphatic heterocycles. The molecule has 3 rings (SSSR count). The molecule has 1 heterocycles. The number of benzene rings is 2. The molecule has 3 nitrogen and oxygen atoms in total. The Labute approximate surface area is 128 Å². The van der Waals surface area contributed by atoms with Crippen LogP contribution in [-0.4, -0.2) is 30.5 Å². The molecule has 1 saturated heterocycles. The Morgan fingerprint density at radius 1 is 0.905 bits per heavy atom. The van der Waals surface area contributed by atoms with Gasteiger partial charge in [0.25, 0.3) is 0 Å². The molecule has 21 heavy (non-hydrogen) atoms. The molecule has 1 unspecified atom stereocenters. The molecule has 110 valence electrons. The fourth-order valence-electron chi connectivity index (χ4n) is 2.84. The zero-order valence-electron chi connectivity index (χ0n) is 12.7. The topological polar surface area (TPSA) is 15.7 Å². The van der Waals surface area contributed by atoms with E-state index in [0.29, 0.717) is 0 Å². The van der Waals surface area contributed by atoms with E-state index in [2.05, 4.69) is 91.1 Å². The molecule has 0 radical (unpaired) electrons. The van der Waals surface area contributed by atoms with Gasteiger partial charge >= 0.3 is 0 Å². The van der Waals surface area contributed by atoms with E-state index in [4.69, 9.17) is 4.52 Å². The number of nitrogens with zero attached hydrogens (tertiary/aromatic N) is 2. The first-order chi connectivity index (χ1) is 10.2. The van der Waals surface area contributed by atoms with Gasteiger partial charge in [-0.25, -0.2) is 4.67 Å². The van der Waals surface area contributed by atoms with E-state index in [1.165, 1.54) is 11.1 Å². The minimum Gasteiger partial charge on any atom is -0.321 e. The summed E-state index contributed by atoms with van der Waals surface area (Å²) < 4.78 is 10.9. The second kappa shape index (κ2) is 6.25. The first-order valence-electron chi connectivity index (χ1n) is 7.15. The zero-order chi connectivity index (χ0) is 14.8. The van der Waals surface area contributed by atoms with Crippen LogP contribution >= 0.6 is 8.45 Å². The third-order valence-corrected chi connectivity index (χ3v) is 5.67. The maximum atomic E-state index is 6.40. The molecule has 0 aliphatic carbocycles. The van der Waals surface area contributed by atoms with Crippen LogP contribution in [-0.2, 0) is 4.52 Å². The summed E-state index contributed by atoms with van der Waals surface area (Å²) in [6.45, 7) is 0. The van der Waals surface area contributed by atoms with Crippen LogP contribution in [0.5, 0.6) is 0 Å². The highest BCUT2D eigenvalue weighted by Crippen LogP contribution is 2.61. The van der Waals surface area contributed by atoms with Crippen molar-refractivity contribution in [3.05, 3.63) is 71.8 Å². The van der Waals surface area contributed by atoms with E-state index in [-0.39, 0.29) is 12.1 Å². The van der Waals surface area contributed by atoms with Gasteiger partial charge in [0.05, 0.1) is 6.04 Å². The lowest BCUT2D eigenvalue weighted by atomic mass is 9.96. The standard InChI is InChI=1S/C17H21N2OP/c1-18(2)21-19(3)16(14-10-6-4-7-11-14)17(20-21)15-12-8-5-9-13-15/h4-13,16-17H,1-3H3/t16-,17+,21?/m1/s1. The quantitative estimate of drug-likeness (QED) is 0.789. The van der Waals surface area contributed by atoms with Gasteiger partial charge in [0.15, 0.2) is 8.45 Å². The summed E-state index contributed by atoms with van der Waals surface area (Å²) in [6, 6.07) is 21.4. The number of rotatable bonds is 3. The summed E-state index contributed by atoms with van der Waals surface area (Å²) in [5.74, 6) is 0. The fourth-order valence-corrected chi connectivity index (χ4v) is 4.65. The van der Waals surface area contributed by atoms with Gasteiger partial charge in [-0.3, -0.25) is 4.67 Å². The SMILES string of the molecule is CN(C)P1O[C@@H](c2ccccc2)[C@@H](c2ccccc2)N1C. The Balaban J connectivity index is 2.00. The van der Waals surface area contributed by atoms with Gasteiger partial charge in [-0.05, 0) is 32.3 Å². The van der Waals surface area contributed by atoms with Crippen molar-refractivity contribution >= 4 is 8.45 Å². The molecule has 1 aliphatic rings. The normalized spacial score (nSPS) is 26.4. The highest BCUT2D eigenvalue weighted by molar-refractivity contribution is 7.47. The molecule has 0 aromatic heterocycles. The minimum absolute atomic E-state index is 0.0760. The predicted octanol–water partition coefficient (Wildman–Crippen LogP) is 4.22. The Bertz CT molecular complexity index is 576. The highest BCUT2D eigenvalue weighted by Gasteiger charge is 2.43. The maximum absolute atomic E-state index is 6.40. The Morgan fingerprint density at radius 2 is 1.43 bits per heavy atom. The van der Waals surface area contributed by atoms with E-state index in [0.717, 1.165) is 0 Å². The first kappa shape index (κ1) is 14.7. The maximum Gasteiger partial charge on any atom is 0.188 e. The van der Waals surface area contributed by atoms with Crippen LogP contribution in [0.3, 0.4) is 0 Å². The summed E-state index contributed by atoms with van der Waals surface area (Å²) in [7, 11) is 5.60. The average Bonchev–Trinajstić information content (AvgIpc) is 2.87. The Morgan fingerprint density at radius 3 is 1.95 bits per heavy atom. The third-order valence-electron chi connectivity index (χ3n) is 3.78. The lowest BCUT2D eigenvalue weighted by Gasteiger charge is -2.26. The summed E-state index contributed by atoms with van der Waals surface area (Å²) in [5, 5.41) is 0. The molecule has 4 heteroatoms. The molecule has 2 aromatic carbocycles. The van der Waals surface area contributed by atoms with Gasteiger partial charge in [-0.2, -0.15) is 0 Å². The number of likely N-dealkylation sites (N-methyl/N-ethyl adjacent to an activating group) is 1. The van der Waals surface area contributed by atoms with Crippen molar-refractivity contribution in [1.82, 2.24) is 9.34 Å². The molecular formula is C17H21N2OP. The van der Waals surface area contributed by atoms with E-state index >= 15 is 0 Å². The Kier molecular flexibility index (Phi) is 4.37. The van der Waals surface area contributed by atoms with Crippen LogP contribution in [0.1, 0.15) is 23.3 Å². The lowest BCUT2D eigenvalue weighted by Crippen LogP contribution is -2.20. The van der Waals surface area contributed by atoms with Gasteiger partial charge in [0.1, 0.15) is 6.10 Å². The molecule has 3 atom stereocenters. The van der Waals surface area contributed by atoms with Crippen molar-refractivity contribution in [3.8, 4) is 0 Å². The number of hydrogen-bond donors (Lipinski definition) is 0. The molecule has 2 aromatic rings. The van der Waals surface area contributed by atoms with Gasteiger partial charge < -0.3 is 4.52 Å². The highest BCUT2D eigenvalue weighted by atomic mass is 31.2. The molecule has 1 fully saturated rings. The van der Waals surface area contributed by atoms with Crippen LogP contribution in [0.25, 0.3) is 0 Å². The van der Waals surface area contributed by atoms with Crippen molar-refractivity contribution in [1.29, 1.82) is 0 Å². The molecule has 0 bridgehead atoms. The van der Waals surface area contributed by atoms with Gasteiger partial charge in [-0.15, -0.1) is 0 Å². The van der Waals surface area contributed by atoms with Crippen molar-refractivity contribution in [2.75, 3.05) is 21.1 Å². The second-order valence-corrected chi connectivity index (χ2v) is 7.61. The van der Waals surface area contributed by atoms with E-state index in [1.807, 2.05) is 0 Å². The van der Waals surface area contributed by atoms with Gasteiger partial charge in [0, 0.05) is 0 Å². The van der Waals surface area contributed by atoms with Crippen molar-refractivity contribution in [2.24, 2.45) is 0 Å². The van der Waals surface area contributed by atoms with E-state index < -0.39 is 8.45 Å². The monoisotopic (exact) mass is 300 g/mol. The summed E-state index contributed by atoms with van der Waals surface area (Å²) in [4.78, 5) is 0. The molecule has 0 N–H and O–H groups in total. The van der Waals surface area contributed by atoms with Crippen LogP contribution in [0.15, 0.2) is 60.7 Å². The van der Waals surface area contributed by atoms with Crippen LogP contribution in [0.2, 0.25) is 0 Å². The predicted molar refractivity (Wildman–Crippen MR) is 87.8 cm³/mol. The summed E-state index contributed by atoms with van der Waals surface area (Å²) >= 11 is 0. The van der Waals surface area contributed by atoms with E-state index in [9.17, 15) is 0 Å². The van der Waals surface area contributed by atoms with Crippen LogP contribution < -0.4 is 0 Å². The Hall–Kier alpha value is -1.25. The van der Waals surface area contributed by atoms with Crippen molar-refractivity contribution in [2.45, 2.75) is 12.1 Å². The zero-order valence-corrected chi connectivity index (χ0v) is 13.6. The minimum atomic E-state index is -0.725. The molecule has 0 saturated carbocycles. The first-order valence-corrected chi connectivity index (χ1v) is 8.32. The third kappa shape index (κ3) is 2.88. The van der Waals surface area contributed by atoms with Crippen molar-refractivity contribution < 1.29 is 4.52 Å². The van der Waals surface area contributed by atoms with Gasteiger partial charge in [0.2, 0.25) is 0 Å². The van der Waals surface area contributed by atoms with Gasteiger partial charge in [-0.1, -0.05) is 60.7 Å². The van der Waals surface area contributed by atoms with E-state index in [1.54, 1.807) is 0 Å². The lowest BCUT2D eigenvalue weighted by molar-refractivity contribution is 0.205. The average molecular weight is 300 g/mol. The van der Waals surface area contributed by atoms with Crippen molar-refractivity contribution in [3.63, 3.8) is 0 Å². The number of hydrogen-bond acceptors (Lipinski definition) is 3. The summed E-state index contributed by atoms with van der Waals surface area (Å²) in [5.41, 5.74) is 2.55. The largest absolute Gasteiger partial charge is 0.321 e. The smallest absolute Gasteiger partial charge is 0.188 e. The van der Waals surface area contributed by atoms with Crippen LogP contribution in [0.4, 0.5) is 0 Å².